The Labute approximate surface area is 233 Å². The van der Waals surface area contributed by atoms with Crippen molar-refractivity contribution in [3.63, 3.8) is 0 Å². The molecular formula is C37H29FN2. The summed E-state index contributed by atoms with van der Waals surface area (Å²) in [6.07, 6.45) is 2.11. The van der Waals surface area contributed by atoms with Gasteiger partial charge in [0.2, 0.25) is 0 Å². The highest BCUT2D eigenvalue weighted by molar-refractivity contribution is 6.27. The standard InChI is InChI=1S/C37H29FN2/c38-32-15-7-8-16-35(32)40(29-13-5-2-6-14-29)34-24-20-28-17-21-30-33(39-25-9-12-26-10-3-1-4-11-26)23-19-27-18-22-31(34)37(28)36(27)30/h1-8,10-11,13-24,39H,9,12,25H2. The third-order valence-electron chi connectivity index (χ3n) is 7.79. The summed E-state index contributed by atoms with van der Waals surface area (Å²) >= 11 is 0. The van der Waals surface area contributed by atoms with Crippen molar-refractivity contribution in [3.8, 4) is 0 Å². The van der Waals surface area contributed by atoms with Gasteiger partial charge >= 0.3 is 0 Å². The fourth-order valence-corrected chi connectivity index (χ4v) is 5.91. The van der Waals surface area contributed by atoms with Gasteiger partial charge in [-0.05, 0) is 76.3 Å². The second-order valence-electron chi connectivity index (χ2n) is 10.3. The molecule has 0 amide bonds. The molecule has 0 saturated carbocycles. The van der Waals surface area contributed by atoms with Crippen LogP contribution in [0.15, 0.2) is 133 Å². The Balaban J connectivity index is 1.34. The van der Waals surface area contributed by atoms with Gasteiger partial charge in [0.1, 0.15) is 5.82 Å². The number of aryl methyl sites for hydroxylation is 1. The van der Waals surface area contributed by atoms with Gasteiger partial charge in [-0.2, -0.15) is 0 Å². The normalized spacial score (nSPS) is 11.4. The maximum atomic E-state index is 15.3. The highest BCUT2D eigenvalue weighted by atomic mass is 19.1. The maximum absolute atomic E-state index is 15.3. The molecule has 0 aromatic heterocycles. The molecule has 2 nitrogen and oxygen atoms in total. The summed E-state index contributed by atoms with van der Waals surface area (Å²) in [7, 11) is 0. The van der Waals surface area contributed by atoms with Crippen molar-refractivity contribution in [2.75, 3.05) is 16.8 Å². The Morgan fingerprint density at radius 1 is 0.550 bits per heavy atom. The monoisotopic (exact) mass is 520 g/mol. The molecule has 194 valence electrons. The number of rotatable bonds is 8. The Kier molecular flexibility index (Phi) is 6.25. The zero-order chi connectivity index (χ0) is 26.9. The van der Waals surface area contributed by atoms with Crippen LogP contribution in [0.1, 0.15) is 12.0 Å². The first-order valence-electron chi connectivity index (χ1n) is 13.9. The predicted molar refractivity (Wildman–Crippen MR) is 168 cm³/mol. The van der Waals surface area contributed by atoms with E-state index in [2.05, 4.69) is 84.2 Å². The molecule has 0 bridgehead atoms. The summed E-state index contributed by atoms with van der Waals surface area (Å²) in [5.41, 5.74) is 4.92. The average molecular weight is 521 g/mol. The van der Waals surface area contributed by atoms with Crippen LogP contribution in [-0.4, -0.2) is 6.54 Å². The van der Waals surface area contributed by atoms with E-state index in [1.807, 2.05) is 47.4 Å². The van der Waals surface area contributed by atoms with E-state index in [0.717, 1.165) is 41.8 Å². The zero-order valence-electron chi connectivity index (χ0n) is 22.1. The van der Waals surface area contributed by atoms with Crippen molar-refractivity contribution in [2.45, 2.75) is 12.8 Å². The van der Waals surface area contributed by atoms with E-state index in [1.165, 1.54) is 38.6 Å². The van der Waals surface area contributed by atoms with Gasteiger partial charge in [-0.3, -0.25) is 0 Å². The molecular weight excluding hydrogens is 491 g/mol. The van der Waals surface area contributed by atoms with Crippen LogP contribution in [0.4, 0.5) is 27.1 Å². The Morgan fingerprint density at radius 2 is 1.18 bits per heavy atom. The molecule has 0 unspecified atom stereocenters. The summed E-state index contributed by atoms with van der Waals surface area (Å²) in [5.74, 6) is -0.251. The van der Waals surface area contributed by atoms with Crippen LogP contribution in [0.25, 0.3) is 32.3 Å². The van der Waals surface area contributed by atoms with Crippen molar-refractivity contribution >= 4 is 55.1 Å². The van der Waals surface area contributed by atoms with E-state index in [4.69, 9.17) is 0 Å². The van der Waals surface area contributed by atoms with Crippen LogP contribution in [0, 0.1) is 5.82 Å². The lowest BCUT2D eigenvalue weighted by Crippen LogP contribution is -2.12. The first-order chi connectivity index (χ1) is 19.8. The van der Waals surface area contributed by atoms with Crippen molar-refractivity contribution in [2.24, 2.45) is 0 Å². The molecule has 0 heterocycles. The van der Waals surface area contributed by atoms with Crippen LogP contribution >= 0.6 is 0 Å². The number of anilines is 4. The first-order valence-corrected chi connectivity index (χ1v) is 13.9. The van der Waals surface area contributed by atoms with Gasteiger partial charge < -0.3 is 10.2 Å². The number of nitrogens with one attached hydrogen (secondary N) is 1. The van der Waals surface area contributed by atoms with E-state index in [1.54, 1.807) is 6.07 Å². The lowest BCUT2D eigenvalue weighted by atomic mass is 9.92. The van der Waals surface area contributed by atoms with Crippen molar-refractivity contribution in [3.05, 3.63) is 145 Å². The third-order valence-corrected chi connectivity index (χ3v) is 7.79. The number of benzene rings is 7. The average Bonchev–Trinajstić information content (AvgIpc) is 3.01. The molecule has 3 heteroatoms. The number of nitrogens with zero attached hydrogens (tertiary/aromatic N) is 1. The Bertz CT molecular complexity index is 1910. The molecule has 7 aromatic carbocycles. The minimum atomic E-state index is -0.251. The second-order valence-corrected chi connectivity index (χ2v) is 10.3. The molecule has 0 saturated heterocycles. The zero-order valence-corrected chi connectivity index (χ0v) is 22.1. The molecule has 0 fully saturated rings. The van der Waals surface area contributed by atoms with Gasteiger partial charge in [-0.15, -0.1) is 0 Å². The molecule has 0 aliphatic rings. The highest BCUT2D eigenvalue weighted by Gasteiger charge is 2.20. The molecule has 0 atom stereocenters. The topological polar surface area (TPSA) is 15.3 Å². The smallest absolute Gasteiger partial charge is 0.147 e. The third kappa shape index (κ3) is 4.30. The Hall–Kier alpha value is -4.89. The number of para-hydroxylation sites is 2. The summed E-state index contributed by atoms with van der Waals surface area (Å²) in [6.45, 7) is 0.902. The molecule has 1 N–H and O–H groups in total. The van der Waals surface area contributed by atoms with Gasteiger partial charge in [0.25, 0.3) is 0 Å². The fraction of sp³-hybridized carbons (Fsp3) is 0.0811. The van der Waals surface area contributed by atoms with Gasteiger partial charge in [0.15, 0.2) is 0 Å². The van der Waals surface area contributed by atoms with Gasteiger partial charge in [-0.1, -0.05) is 97.1 Å². The van der Waals surface area contributed by atoms with Crippen LogP contribution in [0.3, 0.4) is 0 Å². The molecule has 7 rings (SSSR count). The van der Waals surface area contributed by atoms with E-state index in [-0.39, 0.29) is 5.82 Å². The van der Waals surface area contributed by atoms with Crippen molar-refractivity contribution in [1.29, 1.82) is 0 Å². The van der Waals surface area contributed by atoms with Gasteiger partial charge in [0, 0.05) is 28.7 Å². The predicted octanol–water partition coefficient (Wildman–Crippen LogP) is 10.2. The van der Waals surface area contributed by atoms with Crippen LogP contribution in [0.5, 0.6) is 0 Å². The minimum absolute atomic E-state index is 0.251. The van der Waals surface area contributed by atoms with E-state index >= 15 is 4.39 Å². The molecule has 0 radical (unpaired) electrons. The number of halogens is 1. The number of hydrogen-bond acceptors (Lipinski definition) is 2. The van der Waals surface area contributed by atoms with Crippen LogP contribution < -0.4 is 10.2 Å². The van der Waals surface area contributed by atoms with E-state index in [9.17, 15) is 0 Å². The molecule has 0 spiro atoms. The molecule has 40 heavy (non-hydrogen) atoms. The quantitative estimate of drug-likeness (QED) is 0.158. The molecule has 0 aliphatic carbocycles. The molecule has 0 aliphatic heterocycles. The van der Waals surface area contributed by atoms with E-state index in [0.29, 0.717) is 5.69 Å². The number of hydrogen-bond donors (Lipinski definition) is 1. The van der Waals surface area contributed by atoms with Crippen LogP contribution in [0.2, 0.25) is 0 Å². The second kappa shape index (κ2) is 10.3. The summed E-state index contributed by atoms with van der Waals surface area (Å²) in [6, 6.07) is 45.2. The van der Waals surface area contributed by atoms with Gasteiger partial charge in [-0.25, -0.2) is 4.39 Å². The van der Waals surface area contributed by atoms with Gasteiger partial charge in [0.05, 0.1) is 11.4 Å². The summed E-state index contributed by atoms with van der Waals surface area (Å²) in [5, 5.41) is 10.9. The molecule has 7 aromatic rings. The van der Waals surface area contributed by atoms with Crippen molar-refractivity contribution in [1.82, 2.24) is 0 Å². The first kappa shape index (κ1) is 24.2. The maximum Gasteiger partial charge on any atom is 0.147 e. The summed E-state index contributed by atoms with van der Waals surface area (Å²) < 4.78 is 15.3. The van der Waals surface area contributed by atoms with Crippen LogP contribution in [-0.2, 0) is 6.42 Å². The van der Waals surface area contributed by atoms with Crippen molar-refractivity contribution < 1.29 is 4.39 Å². The van der Waals surface area contributed by atoms with E-state index < -0.39 is 0 Å². The summed E-state index contributed by atoms with van der Waals surface area (Å²) in [4.78, 5) is 2.03. The fourth-order valence-electron chi connectivity index (χ4n) is 5.91. The highest BCUT2D eigenvalue weighted by Crippen LogP contribution is 2.45. The minimum Gasteiger partial charge on any atom is -0.385 e. The lowest BCUT2D eigenvalue weighted by Gasteiger charge is -2.28. The largest absolute Gasteiger partial charge is 0.385 e. The lowest BCUT2D eigenvalue weighted by molar-refractivity contribution is 0.629. The Morgan fingerprint density at radius 3 is 1.95 bits per heavy atom. The SMILES string of the molecule is Fc1ccccc1N(c1ccccc1)c1ccc2ccc3c(NCCCc4ccccc4)ccc4ccc1c2c43.